The molecule has 86 valence electrons. The van der Waals surface area contributed by atoms with Crippen LogP contribution in [-0.4, -0.2) is 35.1 Å². The minimum atomic E-state index is -0.397. The molecule has 1 aliphatic heterocycles. The van der Waals surface area contributed by atoms with Gasteiger partial charge in [-0.15, -0.1) is 0 Å². The van der Waals surface area contributed by atoms with Gasteiger partial charge in [-0.2, -0.15) is 0 Å². The fraction of sp³-hybridized carbons (Fsp3) is 0.364. The molecule has 1 aromatic rings. The number of likely N-dealkylation sites (tertiary alicyclic amines) is 1. The zero-order chi connectivity index (χ0) is 11.7. The smallest absolute Gasteiger partial charge is 0.254 e. The van der Waals surface area contributed by atoms with Crippen LogP contribution in [0.25, 0.3) is 0 Å². The lowest BCUT2D eigenvalue weighted by Gasteiger charge is -2.15. The first-order chi connectivity index (χ1) is 7.56. The lowest BCUT2D eigenvalue weighted by atomic mass is 10.2. The molecule has 1 amide bonds. The number of benzene rings is 1. The molecule has 2 rings (SSSR count). The quantitative estimate of drug-likeness (QED) is 0.865. The molecule has 0 radical (unpaired) electrons. The Morgan fingerprint density at radius 2 is 2.25 bits per heavy atom. The van der Waals surface area contributed by atoms with Crippen LogP contribution in [0.3, 0.4) is 0 Å². The number of halogens is 2. The van der Waals surface area contributed by atoms with Crippen molar-refractivity contribution < 1.29 is 9.90 Å². The number of carbonyl (C=O) groups excluding carboxylic acids is 1. The Kier molecular flexibility index (Phi) is 3.52. The number of hydrogen-bond donors (Lipinski definition) is 1. The predicted molar refractivity (Wildman–Crippen MR) is 65.7 cm³/mol. The van der Waals surface area contributed by atoms with Gasteiger partial charge in [-0.1, -0.05) is 27.5 Å². The van der Waals surface area contributed by atoms with Crippen LogP contribution in [0, 0.1) is 0 Å². The van der Waals surface area contributed by atoms with Gasteiger partial charge >= 0.3 is 0 Å². The highest BCUT2D eigenvalue weighted by Gasteiger charge is 2.25. The van der Waals surface area contributed by atoms with Crippen LogP contribution in [0.5, 0.6) is 0 Å². The fourth-order valence-electron chi connectivity index (χ4n) is 1.79. The van der Waals surface area contributed by atoms with Crippen LogP contribution in [0.2, 0.25) is 5.02 Å². The van der Waals surface area contributed by atoms with Crippen molar-refractivity contribution in [3.05, 3.63) is 33.3 Å². The van der Waals surface area contributed by atoms with Gasteiger partial charge in [0.2, 0.25) is 0 Å². The van der Waals surface area contributed by atoms with Crippen molar-refractivity contribution in [2.75, 3.05) is 13.1 Å². The highest BCUT2D eigenvalue weighted by molar-refractivity contribution is 9.10. The van der Waals surface area contributed by atoms with Gasteiger partial charge in [-0.3, -0.25) is 4.79 Å². The van der Waals surface area contributed by atoms with Crippen LogP contribution >= 0.6 is 27.5 Å². The lowest BCUT2D eigenvalue weighted by Crippen LogP contribution is -2.29. The third kappa shape index (κ3) is 2.56. The van der Waals surface area contributed by atoms with Crippen LogP contribution in [0.4, 0.5) is 0 Å². The summed E-state index contributed by atoms with van der Waals surface area (Å²) in [6, 6.07) is 5.11. The van der Waals surface area contributed by atoms with Crippen molar-refractivity contribution in [3.63, 3.8) is 0 Å². The molecule has 1 fully saturated rings. The summed E-state index contributed by atoms with van der Waals surface area (Å²) in [6.07, 6.45) is 0.250. The second-order valence-electron chi connectivity index (χ2n) is 3.85. The number of carbonyl (C=O) groups is 1. The third-order valence-electron chi connectivity index (χ3n) is 2.56. The number of nitrogens with zero attached hydrogens (tertiary/aromatic N) is 1. The van der Waals surface area contributed by atoms with E-state index in [0.717, 1.165) is 4.47 Å². The van der Waals surface area contributed by atoms with Crippen molar-refractivity contribution in [1.82, 2.24) is 4.90 Å². The minimum absolute atomic E-state index is 0.0836. The minimum Gasteiger partial charge on any atom is -0.391 e. The largest absolute Gasteiger partial charge is 0.391 e. The Labute approximate surface area is 107 Å². The molecule has 1 saturated heterocycles. The number of hydrogen-bond acceptors (Lipinski definition) is 2. The van der Waals surface area contributed by atoms with Crippen molar-refractivity contribution in [2.45, 2.75) is 12.5 Å². The Bertz CT molecular complexity index is 404. The van der Waals surface area contributed by atoms with Crippen LogP contribution in [0.1, 0.15) is 16.8 Å². The maximum atomic E-state index is 12.0. The van der Waals surface area contributed by atoms with Gasteiger partial charge in [0.1, 0.15) is 0 Å². The summed E-state index contributed by atoms with van der Waals surface area (Å²) >= 11 is 9.18. The van der Waals surface area contributed by atoms with E-state index in [1.54, 1.807) is 23.1 Å². The van der Waals surface area contributed by atoms with E-state index in [1.165, 1.54) is 0 Å². The zero-order valence-electron chi connectivity index (χ0n) is 8.49. The Hall–Kier alpha value is -0.580. The van der Waals surface area contributed by atoms with E-state index in [-0.39, 0.29) is 5.91 Å². The summed E-state index contributed by atoms with van der Waals surface area (Å²) in [5.41, 5.74) is 0.550. The first-order valence-corrected chi connectivity index (χ1v) is 6.17. The lowest BCUT2D eigenvalue weighted by molar-refractivity contribution is 0.0765. The fourth-order valence-corrected chi connectivity index (χ4v) is 2.65. The number of rotatable bonds is 1. The van der Waals surface area contributed by atoms with E-state index in [1.807, 2.05) is 0 Å². The average molecular weight is 305 g/mol. The molecule has 0 aliphatic carbocycles. The van der Waals surface area contributed by atoms with Gasteiger partial charge in [-0.05, 0) is 24.6 Å². The first kappa shape index (κ1) is 11.9. The molecule has 0 saturated carbocycles. The molecule has 1 aliphatic rings. The number of β-amino-alcohol motifs (C(OH)–C–C–N with tert-alkyl or cyclic N) is 1. The van der Waals surface area contributed by atoms with E-state index >= 15 is 0 Å². The standard InChI is InChI=1S/C11H11BrClNO2/c12-8-3-7(4-9(13)5-8)11(16)14-2-1-10(15)6-14/h3-5,10,15H,1-2,6H2/t10-/m0/s1. The molecule has 1 N–H and O–H groups in total. The van der Waals surface area contributed by atoms with E-state index < -0.39 is 6.10 Å². The molecule has 16 heavy (non-hydrogen) atoms. The molecular formula is C11H11BrClNO2. The topological polar surface area (TPSA) is 40.5 Å². The summed E-state index contributed by atoms with van der Waals surface area (Å²) in [7, 11) is 0. The molecule has 0 bridgehead atoms. The Balaban J connectivity index is 2.20. The maximum absolute atomic E-state index is 12.0. The van der Waals surface area contributed by atoms with Crippen molar-refractivity contribution in [3.8, 4) is 0 Å². The van der Waals surface area contributed by atoms with Crippen molar-refractivity contribution >= 4 is 33.4 Å². The van der Waals surface area contributed by atoms with E-state index in [0.29, 0.717) is 30.1 Å². The van der Waals surface area contributed by atoms with E-state index in [9.17, 15) is 9.90 Å². The van der Waals surface area contributed by atoms with Crippen LogP contribution < -0.4 is 0 Å². The Morgan fingerprint density at radius 3 is 2.81 bits per heavy atom. The molecule has 1 atom stereocenters. The first-order valence-electron chi connectivity index (χ1n) is 4.99. The van der Waals surface area contributed by atoms with E-state index in [2.05, 4.69) is 15.9 Å². The number of amides is 1. The highest BCUT2D eigenvalue weighted by Crippen LogP contribution is 2.22. The second kappa shape index (κ2) is 4.73. The molecule has 3 nitrogen and oxygen atoms in total. The third-order valence-corrected chi connectivity index (χ3v) is 3.24. The maximum Gasteiger partial charge on any atom is 0.254 e. The molecule has 0 aromatic heterocycles. The van der Waals surface area contributed by atoms with Crippen LogP contribution in [-0.2, 0) is 0 Å². The SMILES string of the molecule is O=C(c1cc(Cl)cc(Br)c1)N1CC[C@H](O)C1. The summed E-state index contributed by atoms with van der Waals surface area (Å²) in [5.74, 6) is -0.0836. The average Bonchev–Trinajstić information content (AvgIpc) is 2.62. The Morgan fingerprint density at radius 1 is 1.50 bits per heavy atom. The summed E-state index contributed by atoms with van der Waals surface area (Å²) in [5, 5.41) is 9.90. The molecular weight excluding hydrogens is 293 g/mol. The summed E-state index contributed by atoms with van der Waals surface area (Å²) in [6.45, 7) is 1.01. The molecule has 0 unspecified atom stereocenters. The monoisotopic (exact) mass is 303 g/mol. The van der Waals surface area contributed by atoms with Gasteiger partial charge in [0.25, 0.3) is 5.91 Å². The highest BCUT2D eigenvalue weighted by atomic mass is 79.9. The second-order valence-corrected chi connectivity index (χ2v) is 5.20. The molecule has 5 heteroatoms. The normalized spacial score (nSPS) is 20.2. The van der Waals surface area contributed by atoms with E-state index in [4.69, 9.17) is 11.6 Å². The van der Waals surface area contributed by atoms with Gasteiger partial charge < -0.3 is 10.0 Å². The van der Waals surface area contributed by atoms with Crippen LogP contribution in [0.15, 0.2) is 22.7 Å². The zero-order valence-corrected chi connectivity index (χ0v) is 10.8. The number of aliphatic hydroxyl groups is 1. The van der Waals surface area contributed by atoms with Crippen molar-refractivity contribution in [2.24, 2.45) is 0 Å². The van der Waals surface area contributed by atoms with Gasteiger partial charge in [0.05, 0.1) is 6.10 Å². The van der Waals surface area contributed by atoms with Gasteiger partial charge in [-0.25, -0.2) is 0 Å². The summed E-state index contributed by atoms with van der Waals surface area (Å²) in [4.78, 5) is 13.7. The number of aliphatic hydroxyl groups excluding tert-OH is 1. The summed E-state index contributed by atoms with van der Waals surface area (Å²) < 4.78 is 0.781. The van der Waals surface area contributed by atoms with Gasteiger partial charge in [0.15, 0.2) is 0 Å². The molecule has 0 spiro atoms. The molecule has 1 aromatic carbocycles. The molecule has 1 heterocycles. The predicted octanol–water partition coefficient (Wildman–Crippen LogP) is 2.31. The van der Waals surface area contributed by atoms with Crippen molar-refractivity contribution in [1.29, 1.82) is 0 Å². The van der Waals surface area contributed by atoms with Gasteiger partial charge in [0, 0.05) is 28.1 Å².